The Morgan fingerprint density at radius 1 is 1.19 bits per heavy atom. The van der Waals surface area contributed by atoms with Crippen molar-refractivity contribution in [2.24, 2.45) is 11.7 Å². The molecule has 3 N–H and O–H groups in total. The van der Waals surface area contributed by atoms with Crippen LogP contribution in [0.3, 0.4) is 0 Å². The van der Waals surface area contributed by atoms with Crippen LogP contribution in [0, 0.1) is 11.7 Å². The summed E-state index contributed by atoms with van der Waals surface area (Å²) < 4.78 is 14.4. The van der Waals surface area contributed by atoms with Gasteiger partial charge in [-0.3, -0.25) is 9.78 Å². The van der Waals surface area contributed by atoms with Crippen molar-refractivity contribution in [2.75, 3.05) is 13.1 Å². The smallest absolute Gasteiger partial charge is 0.338 e. The van der Waals surface area contributed by atoms with E-state index in [9.17, 15) is 14.0 Å². The fraction of sp³-hybridized carbons (Fsp3) is 0.391. The van der Waals surface area contributed by atoms with Gasteiger partial charge < -0.3 is 15.7 Å². The summed E-state index contributed by atoms with van der Waals surface area (Å²) in [5.41, 5.74) is 7.26. The second-order valence-corrected chi connectivity index (χ2v) is 7.87. The fourth-order valence-electron chi connectivity index (χ4n) is 3.88. The molecule has 1 saturated heterocycles. The van der Waals surface area contributed by atoms with E-state index >= 15 is 0 Å². The molecule has 2 aromatic heterocycles. The number of aromatic nitrogens is 3. The van der Waals surface area contributed by atoms with Crippen molar-refractivity contribution in [1.82, 2.24) is 19.7 Å². The minimum Gasteiger partial charge on any atom is -0.478 e. The van der Waals surface area contributed by atoms with Crippen LogP contribution in [0.2, 0.25) is 0 Å². The molecule has 0 spiro atoms. The molecular formula is C23H28FN5O3. The molecule has 0 radical (unpaired) electrons. The van der Waals surface area contributed by atoms with Gasteiger partial charge in [-0.2, -0.15) is 5.10 Å². The van der Waals surface area contributed by atoms with E-state index in [1.165, 1.54) is 35.4 Å². The Balaban J connectivity index is 0.000000195. The van der Waals surface area contributed by atoms with Crippen LogP contribution in [-0.4, -0.2) is 55.8 Å². The fourth-order valence-corrected chi connectivity index (χ4v) is 3.88. The van der Waals surface area contributed by atoms with E-state index in [4.69, 9.17) is 10.8 Å². The minimum atomic E-state index is -1.06. The number of fused-ring (bicyclic) bond motifs is 1. The third-order valence-electron chi connectivity index (χ3n) is 5.86. The first-order valence-electron chi connectivity index (χ1n) is 10.6. The topological polar surface area (TPSA) is 114 Å². The second kappa shape index (κ2) is 10.3. The maximum atomic E-state index is 12.9. The number of carbonyl (C=O) groups is 2. The van der Waals surface area contributed by atoms with Crippen molar-refractivity contribution < 1.29 is 19.1 Å². The Morgan fingerprint density at radius 2 is 1.84 bits per heavy atom. The molecule has 1 aromatic carbocycles. The number of carboxylic acids is 1. The number of hydrogen-bond donors (Lipinski definition) is 2. The average molecular weight is 442 g/mol. The number of rotatable bonds is 4. The van der Waals surface area contributed by atoms with Crippen molar-refractivity contribution in [3.8, 4) is 5.69 Å². The molecule has 3 aromatic rings. The number of carboxylic acid groups (broad SMARTS) is 1. The summed E-state index contributed by atoms with van der Waals surface area (Å²) in [6.45, 7) is 5.56. The van der Waals surface area contributed by atoms with E-state index in [1.54, 1.807) is 19.1 Å². The number of piperidine rings is 1. The van der Waals surface area contributed by atoms with E-state index < -0.39 is 5.97 Å². The van der Waals surface area contributed by atoms with Crippen molar-refractivity contribution >= 4 is 22.8 Å². The SMILES string of the molecule is CCC(N)C1CCN(C(C)=O)CC1.O=C(O)c1cncc2c1cnn2-c1ccc(F)cc1. The van der Waals surface area contributed by atoms with Gasteiger partial charge in [0.15, 0.2) is 0 Å². The number of likely N-dealkylation sites (tertiary alicyclic amines) is 1. The van der Waals surface area contributed by atoms with E-state index in [0.717, 1.165) is 32.4 Å². The standard InChI is InChI=1S/C13H8FN3O2.C10H20N2O/c14-8-1-3-9(4-2-8)17-12-7-15-5-11(13(18)19)10(12)6-16-17;1-3-10(11)9-4-6-12(7-5-9)8(2)13/h1-7H,(H,18,19);9-10H,3-7,11H2,1-2H3. The van der Waals surface area contributed by atoms with Gasteiger partial charge in [0.1, 0.15) is 5.82 Å². The molecule has 4 rings (SSSR count). The molecule has 1 aliphatic rings. The molecule has 1 unspecified atom stereocenters. The average Bonchev–Trinajstić information content (AvgIpc) is 3.23. The summed E-state index contributed by atoms with van der Waals surface area (Å²) in [6, 6.07) is 6.09. The lowest BCUT2D eigenvalue weighted by Crippen LogP contribution is -2.42. The summed E-state index contributed by atoms with van der Waals surface area (Å²) in [7, 11) is 0. The van der Waals surface area contributed by atoms with Gasteiger partial charge in [-0.25, -0.2) is 13.9 Å². The zero-order chi connectivity index (χ0) is 23.3. The molecule has 8 nitrogen and oxygen atoms in total. The number of pyridine rings is 1. The van der Waals surface area contributed by atoms with Gasteiger partial charge in [-0.1, -0.05) is 6.92 Å². The highest BCUT2D eigenvalue weighted by molar-refractivity contribution is 6.02. The predicted octanol–water partition coefficient (Wildman–Crippen LogP) is 3.24. The zero-order valence-corrected chi connectivity index (χ0v) is 18.2. The second-order valence-electron chi connectivity index (χ2n) is 7.87. The number of carbonyl (C=O) groups excluding carboxylic acids is 1. The van der Waals surface area contributed by atoms with Gasteiger partial charge in [0.2, 0.25) is 5.91 Å². The molecule has 1 amide bonds. The Morgan fingerprint density at radius 3 is 2.41 bits per heavy atom. The number of benzene rings is 1. The van der Waals surface area contributed by atoms with Crippen LogP contribution in [0.25, 0.3) is 16.6 Å². The number of aromatic carboxylic acids is 1. The normalized spacial score (nSPS) is 15.2. The van der Waals surface area contributed by atoms with E-state index in [1.807, 2.05) is 4.90 Å². The number of halogens is 1. The van der Waals surface area contributed by atoms with Crippen LogP contribution in [0.1, 0.15) is 43.5 Å². The van der Waals surface area contributed by atoms with E-state index in [0.29, 0.717) is 28.6 Å². The Bertz CT molecular complexity index is 1070. The van der Waals surface area contributed by atoms with Crippen molar-refractivity contribution in [3.05, 3.63) is 54.2 Å². The number of nitrogens with two attached hydrogens (primary N) is 1. The molecule has 170 valence electrons. The predicted molar refractivity (Wildman–Crippen MR) is 119 cm³/mol. The van der Waals surface area contributed by atoms with Gasteiger partial charge >= 0.3 is 5.97 Å². The number of nitrogens with zero attached hydrogens (tertiary/aromatic N) is 4. The first kappa shape index (κ1) is 23.3. The molecular weight excluding hydrogens is 413 g/mol. The van der Waals surface area contributed by atoms with Crippen LogP contribution in [0.5, 0.6) is 0 Å². The van der Waals surface area contributed by atoms with Crippen molar-refractivity contribution in [2.45, 2.75) is 39.2 Å². The Kier molecular flexibility index (Phi) is 7.53. The third-order valence-corrected chi connectivity index (χ3v) is 5.86. The summed E-state index contributed by atoms with van der Waals surface area (Å²) in [5, 5.41) is 13.7. The maximum Gasteiger partial charge on any atom is 0.338 e. The lowest BCUT2D eigenvalue weighted by Gasteiger charge is -2.33. The summed E-state index contributed by atoms with van der Waals surface area (Å²) in [4.78, 5) is 27.9. The molecule has 32 heavy (non-hydrogen) atoms. The molecule has 3 heterocycles. The third kappa shape index (κ3) is 5.28. The van der Waals surface area contributed by atoms with E-state index in [2.05, 4.69) is 17.0 Å². The van der Waals surface area contributed by atoms with E-state index in [-0.39, 0.29) is 17.3 Å². The van der Waals surface area contributed by atoms with Crippen LogP contribution in [0.15, 0.2) is 42.9 Å². The largest absolute Gasteiger partial charge is 0.478 e. The number of amides is 1. The first-order valence-corrected chi connectivity index (χ1v) is 10.6. The van der Waals surface area contributed by atoms with Gasteiger partial charge in [0.05, 0.1) is 29.2 Å². The highest BCUT2D eigenvalue weighted by atomic mass is 19.1. The highest BCUT2D eigenvalue weighted by Gasteiger charge is 2.24. The summed E-state index contributed by atoms with van der Waals surface area (Å²) in [5.74, 6) is -0.578. The first-order chi connectivity index (χ1) is 15.3. The quantitative estimate of drug-likeness (QED) is 0.642. The summed E-state index contributed by atoms with van der Waals surface area (Å²) in [6.07, 6.45) is 7.47. The van der Waals surface area contributed by atoms with Gasteiger partial charge in [0, 0.05) is 37.6 Å². The molecule has 0 bridgehead atoms. The van der Waals surface area contributed by atoms with Crippen molar-refractivity contribution in [1.29, 1.82) is 0 Å². The van der Waals surface area contributed by atoms with Crippen LogP contribution in [0.4, 0.5) is 4.39 Å². The highest BCUT2D eigenvalue weighted by Crippen LogP contribution is 2.22. The minimum absolute atomic E-state index is 0.0888. The summed E-state index contributed by atoms with van der Waals surface area (Å²) >= 11 is 0. The van der Waals surface area contributed by atoms with Gasteiger partial charge in [0.25, 0.3) is 0 Å². The maximum absolute atomic E-state index is 12.9. The molecule has 0 saturated carbocycles. The monoisotopic (exact) mass is 441 g/mol. The number of hydrogen-bond acceptors (Lipinski definition) is 5. The van der Waals surface area contributed by atoms with Gasteiger partial charge in [-0.05, 0) is 49.4 Å². The lowest BCUT2D eigenvalue weighted by molar-refractivity contribution is -0.130. The Hall–Kier alpha value is -3.33. The molecule has 1 fully saturated rings. The van der Waals surface area contributed by atoms with Crippen LogP contribution in [-0.2, 0) is 4.79 Å². The zero-order valence-electron chi connectivity index (χ0n) is 18.2. The Labute approximate surface area is 185 Å². The lowest BCUT2D eigenvalue weighted by atomic mass is 9.88. The van der Waals surface area contributed by atoms with Gasteiger partial charge in [-0.15, -0.1) is 0 Å². The molecule has 9 heteroatoms. The van der Waals surface area contributed by atoms with Crippen LogP contribution < -0.4 is 5.73 Å². The molecule has 0 aliphatic carbocycles. The molecule has 1 aliphatic heterocycles. The van der Waals surface area contributed by atoms with Crippen molar-refractivity contribution in [3.63, 3.8) is 0 Å². The van der Waals surface area contributed by atoms with Crippen LogP contribution >= 0.6 is 0 Å². The molecule has 1 atom stereocenters.